The van der Waals surface area contributed by atoms with Gasteiger partial charge in [0.05, 0.1) is 0 Å². The zero-order chi connectivity index (χ0) is 9.97. The molecule has 1 aliphatic rings. The summed E-state index contributed by atoms with van der Waals surface area (Å²) in [6.07, 6.45) is 8.94. The molecule has 1 aromatic heterocycles. The van der Waals surface area contributed by atoms with Crippen LogP contribution in [0.1, 0.15) is 44.1 Å². The largest absolute Gasteiger partial charge is 0.226 e. The fourth-order valence-electron chi connectivity index (χ4n) is 2.13. The van der Waals surface area contributed by atoms with Crippen LogP contribution in [0, 0.1) is 5.92 Å². The Morgan fingerprint density at radius 1 is 1.14 bits per heavy atom. The molecule has 0 amide bonds. The van der Waals surface area contributed by atoms with Gasteiger partial charge < -0.3 is 0 Å². The van der Waals surface area contributed by atoms with Crippen LogP contribution >= 0.6 is 11.6 Å². The number of nitrogens with zero attached hydrogens (tertiary/aromatic N) is 2. The van der Waals surface area contributed by atoms with Gasteiger partial charge in [-0.05, 0) is 41.8 Å². The van der Waals surface area contributed by atoms with E-state index in [-0.39, 0.29) is 0 Å². The Kier molecular flexibility index (Phi) is 3.02. The summed E-state index contributed by atoms with van der Waals surface area (Å²) in [6.45, 7) is 2.33. The predicted octanol–water partition coefficient (Wildman–Crippen LogP) is 3.42. The average molecular weight is 211 g/mol. The van der Waals surface area contributed by atoms with E-state index in [0.717, 1.165) is 5.92 Å². The quantitative estimate of drug-likeness (QED) is 0.664. The first kappa shape index (κ1) is 9.91. The summed E-state index contributed by atoms with van der Waals surface area (Å²) >= 11 is 5.65. The molecule has 0 radical (unpaired) electrons. The lowest BCUT2D eigenvalue weighted by atomic mass is 9.80. The highest BCUT2D eigenvalue weighted by Crippen LogP contribution is 2.34. The van der Waals surface area contributed by atoms with Crippen LogP contribution < -0.4 is 0 Å². The monoisotopic (exact) mass is 210 g/mol. The van der Waals surface area contributed by atoms with Gasteiger partial charge in [0.1, 0.15) is 0 Å². The van der Waals surface area contributed by atoms with Gasteiger partial charge in [0.25, 0.3) is 0 Å². The number of aromatic nitrogens is 2. The summed E-state index contributed by atoms with van der Waals surface area (Å²) < 4.78 is 0. The molecule has 0 atom stereocenters. The molecule has 2 rings (SSSR count). The third kappa shape index (κ3) is 2.24. The second-order valence-electron chi connectivity index (χ2n) is 4.24. The predicted molar refractivity (Wildman–Crippen MR) is 57.4 cm³/mol. The summed E-state index contributed by atoms with van der Waals surface area (Å²) in [7, 11) is 0. The topological polar surface area (TPSA) is 25.8 Å². The highest BCUT2D eigenvalue weighted by Gasteiger charge is 2.19. The fraction of sp³-hybridized carbons (Fsp3) is 0.636. The van der Waals surface area contributed by atoms with Gasteiger partial charge in [0.2, 0.25) is 5.28 Å². The van der Waals surface area contributed by atoms with E-state index in [1.165, 1.54) is 31.2 Å². The molecule has 3 heteroatoms. The van der Waals surface area contributed by atoms with Crippen molar-refractivity contribution in [2.75, 3.05) is 0 Å². The van der Waals surface area contributed by atoms with Crippen LogP contribution in [0.3, 0.4) is 0 Å². The maximum absolute atomic E-state index is 5.65. The van der Waals surface area contributed by atoms with Crippen molar-refractivity contribution in [3.8, 4) is 0 Å². The third-order valence-electron chi connectivity index (χ3n) is 3.13. The van der Waals surface area contributed by atoms with Crippen molar-refractivity contribution in [3.63, 3.8) is 0 Å². The Labute approximate surface area is 89.7 Å². The van der Waals surface area contributed by atoms with E-state index in [2.05, 4.69) is 16.9 Å². The molecule has 1 heterocycles. The van der Waals surface area contributed by atoms with E-state index in [4.69, 9.17) is 11.6 Å². The second-order valence-corrected chi connectivity index (χ2v) is 4.58. The first-order chi connectivity index (χ1) is 6.75. The van der Waals surface area contributed by atoms with E-state index in [0.29, 0.717) is 11.2 Å². The minimum Gasteiger partial charge on any atom is -0.226 e. The number of hydrogen-bond acceptors (Lipinski definition) is 2. The molecule has 0 N–H and O–H groups in total. The molecular weight excluding hydrogens is 196 g/mol. The zero-order valence-corrected chi connectivity index (χ0v) is 9.17. The lowest BCUT2D eigenvalue weighted by Gasteiger charge is -2.25. The highest BCUT2D eigenvalue weighted by atomic mass is 35.5. The molecule has 1 saturated carbocycles. The molecular formula is C11H15ClN2. The minimum atomic E-state index is 0.345. The molecule has 0 aromatic carbocycles. The van der Waals surface area contributed by atoms with E-state index in [1.54, 1.807) is 0 Å². The summed E-state index contributed by atoms with van der Waals surface area (Å²) in [5.74, 6) is 1.54. The van der Waals surface area contributed by atoms with Crippen LogP contribution in [0.25, 0.3) is 0 Å². The van der Waals surface area contributed by atoms with E-state index < -0.39 is 0 Å². The molecule has 1 aliphatic carbocycles. The van der Waals surface area contributed by atoms with Crippen LogP contribution in [-0.4, -0.2) is 9.97 Å². The highest BCUT2D eigenvalue weighted by molar-refractivity contribution is 6.28. The summed E-state index contributed by atoms with van der Waals surface area (Å²) in [4.78, 5) is 8.06. The van der Waals surface area contributed by atoms with Crippen molar-refractivity contribution in [1.29, 1.82) is 0 Å². The first-order valence-corrected chi connectivity index (χ1v) is 5.61. The van der Waals surface area contributed by atoms with Crippen LogP contribution in [0.2, 0.25) is 5.28 Å². The standard InChI is InChI=1S/C11H15ClN2/c1-8-2-4-9(5-3-8)10-6-13-11(12)14-7-10/h6-9H,2-5H2,1H3. The molecule has 0 spiro atoms. The lowest BCUT2D eigenvalue weighted by Crippen LogP contribution is -2.11. The number of hydrogen-bond donors (Lipinski definition) is 0. The van der Waals surface area contributed by atoms with Crippen LogP contribution in [0.4, 0.5) is 0 Å². The van der Waals surface area contributed by atoms with Gasteiger partial charge in [0, 0.05) is 12.4 Å². The lowest BCUT2D eigenvalue weighted by molar-refractivity contribution is 0.347. The van der Waals surface area contributed by atoms with Crippen LogP contribution in [-0.2, 0) is 0 Å². The van der Waals surface area contributed by atoms with Crippen molar-refractivity contribution >= 4 is 11.6 Å². The van der Waals surface area contributed by atoms with Crippen LogP contribution in [0.15, 0.2) is 12.4 Å². The van der Waals surface area contributed by atoms with Crippen molar-refractivity contribution in [2.24, 2.45) is 5.92 Å². The average Bonchev–Trinajstić information content (AvgIpc) is 2.21. The van der Waals surface area contributed by atoms with Crippen molar-refractivity contribution < 1.29 is 0 Å². The molecule has 1 aromatic rings. The van der Waals surface area contributed by atoms with Gasteiger partial charge in [-0.15, -0.1) is 0 Å². The van der Waals surface area contributed by atoms with Gasteiger partial charge in [-0.2, -0.15) is 0 Å². The number of halogens is 1. The normalized spacial score (nSPS) is 27.6. The molecule has 14 heavy (non-hydrogen) atoms. The van der Waals surface area contributed by atoms with E-state index in [9.17, 15) is 0 Å². The zero-order valence-electron chi connectivity index (χ0n) is 8.41. The van der Waals surface area contributed by atoms with Gasteiger partial charge in [-0.1, -0.05) is 19.8 Å². The fourth-order valence-corrected chi connectivity index (χ4v) is 2.22. The summed E-state index contributed by atoms with van der Waals surface area (Å²) in [6, 6.07) is 0. The summed E-state index contributed by atoms with van der Waals surface area (Å²) in [5.41, 5.74) is 1.25. The number of rotatable bonds is 1. The van der Waals surface area contributed by atoms with Crippen LogP contribution in [0.5, 0.6) is 0 Å². The smallest absolute Gasteiger partial charge is 0.222 e. The Balaban J connectivity index is 2.05. The molecule has 1 fully saturated rings. The Morgan fingerprint density at radius 3 is 2.29 bits per heavy atom. The molecule has 0 unspecified atom stereocenters. The van der Waals surface area contributed by atoms with Gasteiger partial charge in [0.15, 0.2) is 0 Å². The Bertz CT molecular complexity index is 289. The second kappa shape index (κ2) is 4.26. The maximum Gasteiger partial charge on any atom is 0.222 e. The van der Waals surface area contributed by atoms with Crippen molar-refractivity contribution in [1.82, 2.24) is 9.97 Å². The van der Waals surface area contributed by atoms with Gasteiger partial charge in [-0.3, -0.25) is 0 Å². The van der Waals surface area contributed by atoms with E-state index in [1.807, 2.05) is 12.4 Å². The van der Waals surface area contributed by atoms with Crippen molar-refractivity contribution in [2.45, 2.75) is 38.5 Å². The molecule has 2 nitrogen and oxygen atoms in total. The van der Waals surface area contributed by atoms with E-state index >= 15 is 0 Å². The third-order valence-corrected chi connectivity index (χ3v) is 3.32. The molecule has 76 valence electrons. The maximum atomic E-state index is 5.65. The van der Waals surface area contributed by atoms with Gasteiger partial charge >= 0.3 is 0 Å². The summed E-state index contributed by atoms with van der Waals surface area (Å²) in [5, 5.41) is 0.345. The SMILES string of the molecule is CC1CCC(c2cnc(Cl)nc2)CC1. The van der Waals surface area contributed by atoms with Gasteiger partial charge in [-0.25, -0.2) is 9.97 Å². The first-order valence-electron chi connectivity index (χ1n) is 5.23. The Morgan fingerprint density at radius 2 is 1.71 bits per heavy atom. The Hall–Kier alpha value is -0.630. The minimum absolute atomic E-state index is 0.345. The van der Waals surface area contributed by atoms with Crippen molar-refractivity contribution in [3.05, 3.63) is 23.2 Å². The molecule has 0 aliphatic heterocycles. The molecule has 0 bridgehead atoms. The molecule has 0 saturated heterocycles.